The van der Waals surface area contributed by atoms with Crippen LogP contribution in [-0.2, 0) is 9.59 Å². The van der Waals surface area contributed by atoms with E-state index < -0.39 is 17.7 Å². The molecule has 1 N–H and O–H groups in total. The van der Waals surface area contributed by atoms with Crippen molar-refractivity contribution in [3.63, 3.8) is 0 Å². The number of nitrogens with zero attached hydrogens (tertiary/aromatic N) is 2. The summed E-state index contributed by atoms with van der Waals surface area (Å²) in [6.45, 7) is 12.2. The van der Waals surface area contributed by atoms with Gasteiger partial charge in [-0.3, -0.25) is 9.59 Å². The molecular formula is C31H42N2O6. The van der Waals surface area contributed by atoms with Gasteiger partial charge in [0, 0.05) is 12.1 Å². The Bertz CT molecular complexity index is 1160. The summed E-state index contributed by atoms with van der Waals surface area (Å²) in [6, 6.07) is 11.6. The highest BCUT2D eigenvalue weighted by Crippen LogP contribution is 2.42. The standard InChI is InChI=1S/C31H42N2O6/c1-6-10-19-39-24-14-11-13-23(20-24)29(34)27-28(22-15-16-25(38-9-4)26(21-22)37-5)33(31(36)30(27)35)18-12-17-32(7-2)8-3/h11,13-16,20-21,28,34H,6-10,12,17-19H2,1-5H3/b29-27+. The Hall–Kier alpha value is -3.52. The third kappa shape index (κ3) is 7.12. The highest BCUT2D eigenvalue weighted by molar-refractivity contribution is 6.46. The number of amides is 1. The molecule has 2 aromatic carbocycles. The van der Waals surface area contributed by atoms with E-state index in [-0.39, 0.29) is 11.3 Å². The molecule has 0 radical (unpaired) electrons. The van der Waals surface area contributed by atoms with Gasteiger partial charge in [-0.1, -0.05) is 45.4 Å². The maximum Gasteiger partial charge on any atom is 0.295 e. The van der Waals surface area contributed by atoms with Crippen molar-refractivity contribution in [1.82, 2.24) is 9.80 Å². The van der Waals surface area contributed by atoms with Crippen LogP contribution in [0.25, 0.3) is 5.76 Å². The molecule has 2 aromatic rings. The molecule has 0 saturated carbocycles. The normalized spacial score (nSPS) is 16.7. The number of ether oxygens (including phenoxy) is 3. The van der Waals surface area contributed by atoms with Gasteiger partial charge < -0.3 is 29.1 Å². The third-order valence-corrected chi connectivity index (χ3v) is 6.99. The number of unbranched alkanes of at least 4 members (excludes halogenated alkanes) is 1. The van der Waals surface area contributed by atoms with Gasteiger partial charge in [-0.25, -0.2) is 0 Å². The van der Waals surface area contributed by atoms with Gasteiger partial charge in [0.25, 0.3) is 11.7 Å². The maximum atomic E-state index is 13.4. The van der Waals surface area contributed by atoms with E-state index in [1.54, 1.807) is 42.3 Å². The summed E-state index contributed by atoms with van der Waals surface area (Å²) in [4.78, 5) is 30.6. The van der Waals surface area contributed by atoms with Crippen LogP contribution in [0.2, 0.25) is 0 Å². The molecule has 1 heterocycles. The van der Waals surface area contributed by atoms with Crippen molar-refractivity contribution in [3.8, 4) is 17.2 Å². The van der Waals surface area contributed by atoms with Gasteiger partial charge in [-0.05, 0) is 69.2 Å². The first kappa shape index (κ1) is 30.0. The molecule has 1 fully saturated rings. The summed E-state index contributed by atoms with van der Waals surface area (Å²) in [7, 11) is 1.55. The number of carbonyl (C=O) groups excluding carboxylic acids is 2. The average molecular weight is 539 g/mol. The maximum absolute atomic E-state index is 13.4. The number of aliphatic hydroxyl groups is 1. The molecule has 1 saturated heterocycles. The Balaban J connectivity index is 2.06. The van der Waals surface area contributed by atoms with Crippen LogP contribution in [0.4, 0.5) is 0 Å². The number of methoxy groups -OCH3 is 1. The van der Waals surface area contributed by atoms with Crippen LogP contribution in [0.3, 0.4) is 0 Å². The quantitative estimate of drug-likeness (QED) is 0.140. The van der Waals surface area contributed by atoms with Crippen LogP contribution in [-0.4, -0.2) is 73.1 Å². The molecule has 1 unspecified atom stereocenters. The minimum atomic E-state index is -0.768. The predicted octanol–water partition coefficient (Wildman–Crippen LogP) is 5.43. The minimum absolute atomic E-state index is 0.0553. The fourth-order valence-corrected chi connectivity index (χ4v) is 4.81. The zero-order valence-corrected chi connectivity index (χ0v) is 23.9. The third-order valence-electron chi connectivity index (χ3n) is 6.99. The van der Waals surface area contributed by atoms with Crippen LogP contribution in [0, 0.1) is 0 Å². The number of likely N-dealkylation sites (tertiary alicyclic amines) is 1. The molecule has 0 spiro atoms. The second-order valence-electron chi connectivity index (χ2n) is 9.45. The van der Waals surface area contributed by atoms with Crippen molar-refractivity contribution in [2.75, 3.05) is 46.5 Å². The van der Waals surface area contributed by atoms with E-state index in [0.717, 1.165) is 32.5 Å². The number of benzene rings is 2. The molecule has 39 heavy (non-hydrogen) atoms. The van der Waals surface area contributed by atoms with Crippen LogP contribution in [0.5, 0.6) is 17.2 Å². The van der Waals surface area contributed by atoms with Crippen molar-refractivity contribution in [2.24, 2.45) is 0 Å². The van der Waals surface area contributed by atoms with Gasteiger partial charge in [0.15, 0.2) is 11.5 Å². The summed E-state index contributed by atoms with van der Waals surface area (Å²) >= 11 is 0. The highest BCUT2D eigenvalue weighted by Gasteiger charge is 2.46. The van der Waals surface area contributed by atoms with Gasteiger partial charge in [-0.2, -0.15) is 0 Å². The summed E-state index contributed by atoms with van der Waals surface area (Å²) < 4.78 is 17.0. The van der Waals surface area contributed by atoms with Crippen LogP contribution >= 0.6 is 0 Å². The molecule has 0 bridgehead atoms. The average Bonchev–Trinajstić information content (AvgIpc) is 3.20. The largest absolute Gasteiger partial charge is 0.507 e. The van der Waals surface area contributed by atoms with Crippen molar-refractivity contribution in [1.29, 1.82) is 0 Å². The molecule has 0 aliphatic carbocycles. The Morgan fingerprint density at radius 2 is 1.74 bits per heavy atom. The Kier molecular flexibility index (Phi) is 11.2. The lowest BCUT2D eigenvalue weighted by atomic mass is 9.95. The van der Waals surface area contributed by atoms with Crippen LogP contribution < -0.4 is 14.2 Å². The van der Waals surface area contributed by atoms with E-state index in [0.29, 0.717) is 54.6 Å². The van der Waals surface area contributed by atoms with E-state index in [2.05, 4.69) is 25.7 Å². The van der Waals surface area contributed by atoms with Crippen molar-refractivity contribution in [2.45, 2.75) is 53.0 Å². The molecule has 1 amide bonds. The molecule has 1 aliphatic rings. The van der Waals surface area contributed by atoms with Crippen molar-refractivity contribution < 1.29 is 28.9 Å². The Morgan fingerprint density at radius 1 is 0.974 bits per heavy atom. The van der Waals surface area contributed by atoms with E-state index >= 15 is 0 Å². The van der Waals surface area contributed by atoms with Crippen molar-refractivity contribution >= 4 is 17.4 Å². The first-order valence-electron chi connectivity index (χ1n) is 13.9. The molecule has 8 heteroatoms. The van der Waals surface area contributed by atoms with Crippen LogP contribution in [0.15, 0.2) is 48.0 Å². The SMILES string of the molecule is CCCCOc1cccc(/C(O)=C2\C(=O)C(=O)N(CCCN(CC)CC)C2c2ccc(OCC)c(OC)c2)c1. The van der Waals surface area contributed by atoms with Gasteiger partial charge in [0.05, 0.1) is 31.9 Å². The number of Topliss-reactive ketones (excluding diaryl/α,β-unsaturated/α-hetero) is 1. The molecule has 0 aromatic heterocycles. The van der Waals surface area contributed by atoms with E-state index in [1.165, 1.54) is 0 Å². The highest BCUT2D eigenvalue weighted by atomic mass is 16.5. The lowest BCUT2D eigenvalue weighted by molar-refractivity contribution is -0.140. The van der Waals surface area contributed by atoms with E-state index in [1.807, 2.05) is 19.1 Å². The minimum Gasteiger partial charge on any atom is -0.507 e. The number of carbonyl (C=O) groups is 2. The molecule has 1 aliphatic heterocycles. The number of rotatable bonds is 15. The molecular weight excluding hydrogens is 496 g/mol. The van der Waals surface area contributed by atoms with Gasteiger partial charge in [0.2, 0.25) is 0 Å². The molecule has 212 valence electrons. The fourth-order valence-electron chi connectivity index (χ4n) is 4.81. The zero-order chi connectivity index (χ0) is 28.4. The Labute approximate surface area is 232 Å². The monoisotopic (exact) mass is 538 g/mol. The molecule has 3 rings (SSSR count). The topological polar surface area (TPSA) is 88.5 Å². The van der Waals surface area contributed by atoms with Gasteiger partial charge >= 0.3 is 0 Å². The van der Waals surface area contributed by atoms with E-state index in [9.17, 15) is 14.7 Å². The predicted molar refractivity (Wildman–Crippen MR) is 152 cm³/mol. The summed E-state index contributed by atoms with van der Waals surface area (Å²) in [5.41, 5.74) is 1.14. The second-order valence-corrected chi connectivity index (χ2v) is 9.45. The van der Waals surface area contributed by atoms with Gasteiger partial charge in [-0.15, -0.1) is 0 Å². The van der Waals surface area contributed by atoms with Crippen molar-refractivity contribution in [3.05, 3.63) is 59.2 Å². The molecule has 1 atom stereocenters. The first-order chi connectivity index (χ1) is 18.9. The smallest absolute Gasteiger partial charge is 0.295 e. The molecule has 8 nitrogen and oxygen atoms in total. The second kappa shape index (κ2) is 14.6. The van der Waals surface area contributed by atoms with E-state index in [4.69, 9.17) is 14.2 Å². The number of aliphatic hydroxyl groups excluding tert-OH is 1. The number of hydrogen-bond donors (Lipinski definition) is 1. The summed E-state index contributed by atoms with van der Waals surface area (Å²) in [5.74, 6) is 0.113. The van der Waals surface area contributed by atoms with Gasteiger partial charge in [0.1, 0.15) is 11.5 Å². The summed E-state index contributed by atoms with van der Waals surface area (Å²) in [5, 5.41) is 11.5. The Morgan fingerprint density at radius 3 is 2.41 bits per heavy atom. The summed E-state index contributed by atoms with van der Waals surface area (Å²) in [6.07, 6.45) is 2.61. The lowest BCUT2D eigenvalue weighted by Crippen LogP contribution is -2.33. The zero-order valence-electron chi connectivity index (χ0n) is 23.9. The first-order valence-corrected chi connectivity index (χ1v) is 13.9. The van der Waals surface area contributed by atoms with Crippen LogP contribution in [0.1, 0.15) is 64.1 Å². The number of ketones is 1. The number of hydrogen-bond acceptors (Lipinski definition) is 7. The lowest BCUT2D eigenvalue weighted by Gasteiger charge is -2.27. The fraction of sp³-hybridized carbons (Fsp3) is 0.484.